The lowest BCUT2D eigenvalue weighted by atomic mass is 10.5. The van der Waals surface area contributed by atoms with Crippen molar-refractivity contribution in [2.24, 2.45) is 0 Å². The molecule has 1 aliphatic heterocycles. The largest absolute Gasteiger partial charge is 0.131 e. The molecule has 0 aliphatic carbocycles. The highest BCUT2D eigenvalue weighted by Gasteiger charge is 2.36. The van der Waals surface area contributed by atoms with Crippen molar-refractivity contribution in [2.75, 3.05) is 0 Å². The SMILES string of the molecule is CCC[Si]1(CCC)CCC[SiH](Br)C1. The maximum atomic E-state index is 3.98. The summed E-state index contributed by atoms with van der Waals surface area (Å²) in [5.41, 5.74) is 1.70. The fourth-order valence-corrected chi connectivity index (χ4v) is 22.1. The fourth-order valence-electron chi connectivity index (χ4n) is 3.01. The van der Waals surface area contributed by atoms with Gasteiger partial charge in [-0.25, -0.2) is 0 Å². The zero-order valence-corrected chi connectivity index (χ0v) is 12.9. The van der Waals surface area contributed by atoms with E-state index in [9.17, 15) is 0 Å². The summed E-state index contributed by atoms with van der Waals surface area (Å²) in [5, 5.41) is 0. The second-order valence-corrected chi connectivity index (χ2v) is 16.5. The van der Waals surface area contributed by atoms with Gasteiger partial charge < -0.3 is 0 Å². The molecule has 0 nitrogen and oxygen atoms in total. The van der Waals surface area contributed by atoms with E-state index < -0.39 is 15.5 Å². The Labute approximate surface area is 93.7 Å². The molecule has 0 aromatic heterocycles. The van der Waals surface area contributed by atoms with E-state index in [1.165, 1.54) is 12.8 Å². The quantitative estimate of drug-likeness (QED) is 0.531. The van der Waals surface area contributed by atoms with Crippen LogP contribution in [0, 0.1) is 0 Å². The van der Waals surface area contributed by atoms with Crippen LogP contribution in [0.15, 0.2) is 0 Å². The molecule has 0 aromatic carbocycles. The average molecular weight is 279 g/mol. The zero-order valence-electron chi connectivity index (χ0n) is 9.11. The molecule has 1 atom stereocenters. The topological polar surface area (TPSA) is 0 Å². The fraction of sp³-hybridized carbons (Fsp3) is 1.00. The third kappa shape index (κ3) is 3.52. The summed E-state index contributed by atoms with van der Waals surface area (Å²) < 4.78 is 0. The molecule has 0 saturated carbocycles. The van der Waals surface area contributed by atoms with Gasteiger partial charge in [-0.15, -0.1) is 15.3 Å². The van der Waals surface area contributed by atoms with Crippen molar-refractivity contribution in [3.8, 4) is 0 Å². The Morgan fingerprint density at radius 3 is 2.31 bits per heavy atom. The summed E-state index contributed by atoms with van der Waals surface area (Å²) in [5.74, 6) is 0. The van der Waals surface area contributed by atoms with Gasteiger partial charge in [0.15, 0.2) is 0 Å². The lowest BCUT2D eigenvalue weighted by molar-refractivity contribution is 0.903. The van der Waals surface area contributed by atoms with Crippen LogP contribution in [-0.2, 0) is 0 Å². The van der Waals surface area contributed by atoms with Gasteiger partial charge in [0, 0.05) is 0 Å². The van der Waals surface area contributed by atoms with Crippen LogP contribution >= 0.6 is 15.3 Å². The smallest absolute Gasteiger partial charge is 0.112 e. The molecule has 13 heavy (non-hydrogen) atoms. The average Bonchev–Trinajstić information content (AvgIpc) is 2.04. The van der Waals surface area contributed by atoms with Crippen LogP contribution in [0.25, 0.3) is 0 Å². The van der Waals surface area contributed by atoms with Crippen molar-refractivity contribution in [1.82, 2.24) is 0 Å². The molecule has 78 valence electrons. The van der Waals surface area contributed by atoms with Crippen LogP contribution in [-0.4, -0.2) is 15.5 Å². The summed E-state index contributed by atoms with van der Waals surface area (Å²) in [4.78, 5) is 0. The van der Waals surface area contributed by atoms with Crippen LogP contribution < -0.4 is 0 Å². The number of rotatable bonds is 4. The zero-order chi connectivity index (χ0) is 9.73. The van der Waals surface area contributed by atoms with Gasteiger partial charge >= 0.3 is 0 Å². The summed E-state index contributed by atoms with van der Waals surface area (Å²) in [6, 6.07) is 6.47. The van der Waals surface area contributed by atoms with E-state index in [0.29, 0.717) is 0 Å². The Balaban J connectivity index is 2.53. The van der Waals surface area contributed by atoms with Crippen molar-refractivity contribution in [2.45, 2.75) is 63.0 Å². The summed E-state index contributed by atoms with van der Waals surface area (Å²) in [7, 11) is -1.14. The molecule has 1 fully saturated rings. The Hall–Kier alpha value is 0.914. The molecule has 1 heterocycles. The second-order valence-electron chi connectivity index (χ2n) is 4.69. The maximum absolute atomic E-state index is 3.98. The van der Waals surface area contributed by atoms with Gasteiger partial charge in [-0.3, -0.25) is 0 Å². The Bertz CT molecular complexity index is 138. The van der Waals surface area contributed by atoms with Crippen molar-refractivity contribution < 1.29 is 0 Å². The Kier molecular flexibility index (Phi) is 5.27. The van der Waals surface area contributed by atoms with E-state index in [-0.39, 0.29) is 0 Å². The second kappa shape index (κ2) is 5.71. The van der Waals surface area contributed by atoms with Crippen LogP contribution in [0.5, 0.6) is 0 Å². The number of hydrogen-bond acceptors (Lipinski definition) is 0. The van der Waals surface area contributed by atoms with E-state index >= 15 is 0 Å². The van der Waals surface area contributed by atoms with Crippen LogP contribution in [0.1, 0.15) is 33.1 Å². The molecule has 1 rings (SSSR count). The highest BCUT2D eigenvalue weighted by atomic mass is 79.9. The minimum Gasteiger partial charge on any atom is -0.131 e. The summed E-state index contributed by atoms with van der Waals surface area (Å²) >= 11 is 3.98. The highest BCUT2D eigenvalue weighted by Crippen LogP contribution is 2.38. The first kappa shape index (κ1) is 12.0. The lowest BCUT2D eigenvalue weighted by Gasteiger charge is -2.37. The standard InChI is InChI=1S/C10H23BrSi2/c1-3-7-13(8-4-2)9-5-6-12(11)10-13/h12H,3-10H2,1-2H3. The molecule has 3 heteroatoms. The van der Waals surface area contributed by atoms with Gasteiger partial charge in [0.1, 0.15) is 7.42 Å². The first-order valence-corrected chi connectivity index (χ1v) is 13.5. The highest BCUT2D eigenvalue weighted by molar-refractivity contribution is 9.24. The van der Waals surface area contributed by atoms with Gasteiger partial charge in [-0.1, -0.05) is 63.0 Å². The number of halogens is 1. The van der Waals surface area contributed by atoms with Gasteiger partial charge in [-0.2, -0.15) is 0 Å². The summed E-state index contributed by atoms with van der Waals surface area (Å²) in [6.07, 6.45) is 4.45. The Morgan fingerprint density at radius 2 is 1.85 bits per heavy atom. The molecule has 0 N–H and O–H groups in total. The molecule has 1 aliphatic rings. The molecular formula is C10H23BrSi2. The minimum atomic E-state index is -0.731. The van der Waals surface area contributed by atoms with Gasteiger partial charge in [-0.05, 0) is 0 Å². The molecule has 1 unspecified atom stereocenters. The van der Waals surface area contributed by atoms with Crippen LogP contribution in [0.3, 0.4) is 0 Å². The van der Waals surface area contributed by atoms with Crippen LogP contribution in [0.2, 0.25) is 29.8 Å². The molecule has 0 amide bonds. The van der Waals surface area contributed by atoms with E-state index in [1.807, 2.05) is 0 Å². The molecule has 1 saturated heterocycles. The van der Waals surface area contributed by atoms with Crippen molar-refractivity contribution in [1.29, 1.82) is 0 Å². The first-order chi connectivity index (χ1) is 6.22. The predicted molar refractivity (Wildman–Crippen MR) is 71.1 cm³/mol. The molecule has 0 spiro atoms. The van der Waals surface area contributed by atoms with E-state index in [0.717, 1.165) is 0 Å². The molecule has 0 bridgehead atoms. The molecular weight excluding hydrogens is 256 g/mol. The Morgan fingerprint density at radius 1 is 1.23 bits per heavy atom. The molecule has 0 aromatic rings. The van der Waals surface area contributed by atoms with Gasteiger partial charge in [0.05, 0.1) is 8.07 Å². The normalized spacial score (nSPS) is 27.5. The van der Waals surface area contributed by atoms with E-state index in [2.05, 4.69) is 29.1 Å². The molecule has 0 radical (unpaired) electrons. The monoisotopic (exact) mass is 278 g/mol. The maximum Gasteiger partial charge on any atom is 0.112 e. The summed E-state index contributed by atoms with van der Waals surface area (Å²) in [6.45, 7) is 4.76. The lowest BCUT2D eigenvalue weighted by Crippen LogP contribution is -2.40. The predicted octanol–water partition coefficient (Wildman–Crippen LogP) is 4.32. The van der Waals surface area contributed by atoms with Crippen molar-refractivity contribution in [3.05, 3.63) is 0 Å². The third-order valence-corrected chi connectivity index (χ3v) is 18.5. The van der Waals surface area contributed by atoms with Gasteiger partial charge in [0.2, 0.25) is 0 Å². The van der Waals surface area contributed by atoms with E-state index in [4.69, 9.17) is 0 Å². The number of hydrogen-bond donors (Lipinski definition) is 0. The van der Waals surface area contributed by atoms with E-state index in [1.54, 1.807) is 36.3 Å². The van der Waals surface area contributed by atoms with Crippen molar-refractivity contribution in [3.63, 3.8) is 0 Å². The minimum absolute atomic E-state index is 0.408. The van der Waals surface area contributed by atoms with Gasteiger partial charge in [0.25, 0.3) is 0 Å². The first-order valence-electron chi connectivity index (χ1n) is 5.86. The third-order valence-electron chi connectivity index (χ3n) is 3.44. The van der Waals surface area contributed by atoms with Crippen molar-refractivity contribution >= 4 is 30.8 Å². The van der Waals surface area contributed by atoms with Crippen LogP contribution in [0.4, 0.5) is 0 Å².